The second kappa shape index (κ2) is 9.56. The van der Waals surface area contributed by atoms with Crippen LogP contribution in [0.5, 0.6) is 5.75 Å². The molecule has 0 fully saturated rings. The highest BCUT2D eigenvalue weighted by Crippen LogP contribution is 2.30. The third kappa shape index (κ3) is 5.20. The van der Waals surface area contributed by atoms with Gasteiger partial charge in [-0.3, -0.25) is 0 Å². The van der Waals surface area contributed by atoms with Gasteiger partial charge in [-0.15, -0.1) is 0 Å². The largest absolute Gasteiger partial charge is 0.491 e. The van der Waals surface area contributed by atoms with Crippen molar-refractivity contribution in [3.05, 3.63) is 42.5 Å². The van der Waals surface area contributed by atoms with Crippen LogP contribution < -0.4 is 9.64 Å². The lowest BCUT2D eigenvalue weighted by Gasteiger charge is -2.28. The average Bonchev–Trinajstić information content (AvgIpc) is 3.17. The van der Waals surface area contributed by atoms with Crippen molar-refractivity contribution in [1.29, 1.82) is 0 Å². The fourth-order valence-corrected chi connectivity index (χ4v) is 2.99. The van der Waals surface area contributed by atoms with E-state index in [2.05, 4.69) is 14.9 Å². The number of anilines is 1. The Morgan fingerprint density at radius 2 is 2.00 bits per heavy atom. The third-order valence-corrected chi connectivity index (χ3v) is 4.49. The van der Waals surface area contributed by atoms with E-state index in [4.69, 9.17) is 9.47 Å². The minimum absolute atomic E-state index is 0.152. The Kier molecular flexibility index (Phi) is 6.88. The molecule has 3 rings (SSSR count). The number of hydrogen-bond acceptors (Lipinski definition) is 6. The number of nitrogens with one attached hydrogen (secondary N) is 1. The molecule has 1 aromatic heterocycles. The molecule has 7 heteroatoms. The number of benzene rings is 1. The van der Waals surface area contributed by atoms with Gasteiger partial charge in [0.25, 0.3) is 0 Å². The van der Waals surface area contributed by atoms with E-state index in [0.717, 1.165) is 30.0 Å². The summed E-state index contributed by atoms with van der Waals surface area (Å²) < 4.78 is 11.4. The molecule has 26 heavy (non-hydrogen) atoms. The van der Waals surface area contributed by atoms with Gasteiger partial charge >= 0.3 is 0 Å². The molecule has 142 valence electrons. The van der Waals surface area contributed by atoms with Crippen LogP contribution in [0.2, 0.25) is 0 Å². The molecule has 0 bridgehead atoms. The number of aliphatic hydroxyl groups is 2. The number of nitrogens with zero attached hydrogens (tertiary/aromatic N) is 2. The number of aliphatic hydroxyl groups excluding tert-OH is 2. The van der Waals surface area contributed by atoms with E-state index in [1.54, 1.807) is 12.5 Å². The summed E-state index contributed by atoms with van der Waals surface area (Å²) in [5, 5.41) is 20.4. The Morgan fingerprint density at radius 3 is 2.85 bits per heavy atom. The number of ether oxygens (including phenoxy) is 2. The highest BCUT2D eigenvalue weighted by Gasteiger charge is 2.20. The molecule has 1 aliphatic heterocycles. The molecule has 0 aliphatic carbocycles. The zero-order valence-electron chi connectivity index (χ0n) is 14.9. The van der Waals surface area contributed by atoms with Gasteiger partial charge < -0.3 is 29.6 Å². The minimum Gasteiger partial charge on any atom is -0.491 e. The molecule has 0 saturated carbocycles. The summed E-state index contributed by atoms with van der Waals surface area (Å²) in [7, 11) is 0. The predicted octanol–water partition coefficient (Wildman–Crippen LogP) is 1.72. The molecule has 2 heterocycles. The van der Waals surface area contributed by atoms with Crippen molar-refractivity contribution in [3.8, 4) is 5.75 Å². The Labute approximate surface area is 153 Å². The molecular formula is C19H27N3O4. The van der Waals surface area contributed by atoms with Crippen LogP contribution in [-0.4, -0.2) is 58.8 Å². The quantitative estimate of drug-likeness (QED) is 0.754. The molecule has 3 N–H and O–H groups in total. The molecule has 0 saturated heterocycles. The number of rotatable bonds is 2. The predicted molar refractivity (Wildman–Crippen MR) is 98.3 cm³/mol. The van der Waals surface area contributed by atoms with Gasteiger partial charge in [-0.05, 0) is 31.4 Å². The van der Waals surface area contributed by atoms with Crippen molar-refractivity contribution >= 4 is 5.69 Å². The van der Waals surface area contributed by atoms with Crippen LogP contribution in [0.4, 0.5) is 5.69 Å². The number of para-hydroxylation sites is 2. The summed E-state index contributed by atoms with van der Waals surface area (Å²) in [6.45, 7) is 2.50. The smallest absolute Gasteiger partial charge is 0.142 e. The fourth-order valence-electron chi connectivity index (χ4n) is 2.99. The summed E-state index contributed by atoms with van der Waals surface area (Å²) in [5.74, 6) is 0.819. The van der Waals surface area contributed by atoms with Gasteiger partial charge in [0.2, 0.25) is 0 Å². The number of aromatic amines is 1. The highest BCUT2D eigenvalue weighted by atomic mass is 16.5. The van der Waals surface area contributed by atoms with Crippen LogP contribution in [0.15, 0.2) is 36.8 Å². The van der Waals surface area contributed by atoms with E-state index in [-0.39, 0.29) is 6.61 Å². The Hall–Kier alpha value is -2.09. The molecule has 7 nitrogen and oxygen atoms in total. The van der Waals surface area contributed by atoms with Crippen molar-refractivity contribution in [1.82, 2.24) is 9.97 Å². The lowest BCUT2D eigenvalue weighted by molar-refractivity contribution is -0.0405. The van der Waals surface area contributed by atoms with Gasteiger partial charge in [0.1, 0.15) is 11.9 Å². The van der Waals surface area contributed by atoms with Crippen molar-refractivity contribution in [2.24, 2.45) is 0 Å². The number of fused-ring (bicyclic) bond motifs is 1. The van der Waals surface area contributed by atoms with E-state index >= 15 is 0 Å². The molecule has 2 aromatic rings. The second-order valence-corrected chi connectivity index (χ2v) is 6.52. The van der Waals surface area contributed by atoms with Crippen molar-refractivity contribution in [2.75, 3.05) is 31.3 Å². The maximum atomic E-state index is 10.3. The van der Waals surface area contributed by atoms with Crippen molar-refractivity contribution < 1.29 is 19.7 Å². The Bertz CT molecular complexity index is 650. The number of hydrogen-bond donors (Lipinski definition) is 3. The normalized spacial score (nSPS) is 22.9. The van der Waals surface area contributed by atoms with Crippen LogP contribution in [0.3, 0.4) is 0 Å². The van der Waals surface area contributed by atoms with E-state index in [1.165, 1.54) is 0 Å². The van der Waals surface area contributed by atoms with Crippen LogP contribution in [0, 0.1) is 0 Å². The third-order valence-electron chi connectivity index (χ3n) is 4.49. The van der Waals surface area contributed by atoms with Crippen LogP contribution in [0.25, 0.3) is 0 Å². The Balaban J connectivity index is 1.81. The first kappa shape index (κ1) is 18.7. The maximum absolute atomic E-state index is 10.3. The monoisotopic (exact) mass is 361 g/mol. The summed E-state index contributed by atoms with van der Waals surface area (Å²) in [4.78, 5) is 9.32. The molecule has 0 amide bonds. The number of H-pyrrole nitrogens is 1. The van der Waals surface area contributed by atoms with Gasteiger partial charge in [-0.25, -0.2) is 4.98 Å². The average molecular weight is 361 g/mol. The molecule has 1 aromatic carbocycles. The molecule has 1 aliphatic rings. The molecular weight excluding hydrogens is 334 g/mol. The summed E-state index contributed by atoms with van der Waals surface area (Å²) in [6, 6.07) is 7.91. The topological polar surface area (TPSA) is 90.8 Å². The van der Waals surface area contributed by atoms with E-state index in [0.29, 0.717) is 32.7 Å². The first-order valence-corrected chi connectivity index (χ1v) is 9.12. The lowest BCUT2D eigenvalue weighted by atomic mass is 10.1. The highest BCUT2D eigenvalue weighted by molar-refractivity contribution is 5.58. The summed E-state index contributed by atoms with van der Waals surface area (Å²) in [6.07, 6.45) is 3.86. The fraction of sp³-hybridized carbons (Fsp3) is 0.526. The molecule has 0 spiro atoms. The Morgan fingerprint density at radius 1 is 1.15 bits per heavy atom. The SMILES string of the molecule is O[C@@H]1COCCCCOc2ccccc2N(Cc2cnc[nH]2)CC[C@@H]1O. The van der Waals surface area contributed by atoms with E-state index < -0.39 is 12.2 Å². The first-order valence-electron chi connectivity index (χ1n) is 9.12. The van der Waals surface area contributed by atoms with Crippen molar-refractivity contribution in [3.63, 3.8) is 0 Å². The molecule has 0 unspecified atom stereocenters. The van der Waals surface area contributed by atoms with Crippen molar-refractivity contribution in [2.45, 2.75) is 38.0 Å². The van der Waals surface area contributed by atoms with Crippen LogP contribution >= 0.6 is 0 Å². The van der Waals surface area contributed by atoms with Gasteiger partial charge in [0.15, 0.2) is 0 Å². The summed E-state index contributed by atoms with van der Waals surface area (Å²) >= 11 is 0. The van der Waals surface area contributed by atoms with E-state index in [9.17, 15) is 10.2 Å². The van der Waals surface area contributed by atoms with Gasteiger partial charge in [-0.2, -0.15) is 0 Å². The number of aromatic nitrogens is 2. The van der Waals surface area contributed by atoms with Crippen LogP contribution in [0.1, 0.15) is 25.0 Å². The van der Waals surface area contributed by atoms with Crippen LogP contribution in [-0.2, 0) is 11.3 Å². The standard InChI is InChI=1S/C19H27N3O4/c23-17-7-8-22(12-15-11-20-14-21-15)16-5-1-2-6-19(16)26-10-4-3-9-25-13-18(17)24/h1-2,5-6,11,14,17-18,23-24H,3-4,7-10,12-13H2,(H,20,21)/t17-,18+/m0/s1. The first-order chi connectivity index (χ1) is 12.7. The maximum Gasteiger partial charge on any atom is 0.142 e. The lowest BCUT2D eigenvalue weighted by Crippen LogP contribution is -2.35. The second-order valence-electron chi connectivity index (χ2n) is 6.52. The summed E-state index contributed by atoms with van der Waals surface area (Å²) in [5.41, 5.74) is 1.94. The molecule has 0 radical (unpaired) electrons. The van der Waals surface area contributed by atoms with Gasteiger partial charge in [0, 0.05) is 19.3 Å². The van der Waals surface area contributed by atoms with Gasteiger partial charge in [-0.1, -0.05) is 12.1 Å². The van der Waals surface area contributed by atoms with Gasteiger partial charge in [0.05, 0.1) is 43.6 Å². The zero-order chi connectivity index (χ0) is 18.2. The zero-order valence-corrected chi connectivity index (χ0v) is 14.9. The van der Waals surface area contributed by atoms with E-state index in [1.807, 2.05) is 24.3 Å². The number of imidazole rings is 1. The minimum atomic E-state index is -0.876. The molecule has 2 atom stereocenters.